The van der Waals surface area contributed by atoms with E-state index in [1.165, 1.54) is 7.11 Å². The van der Waals surface area contributed by atoms with Crippen molar-refractivity contribution in [2.75, 3.05) is 13.7 Å². The second-order valence-electron chi connectivity index (χ2n) is 8.53. The molecule has 2 aromatic rings. The van der Waals surface area contributed by atoms with Gasteiger partial charge in [-0.05, 0) is 35.4 Å². The van der Waals surface area contributed by atoms with Gasteiger partial charge in [-0.2, -0.15) is 0 Å². The Labute approximate surface area is 191 Å². The quantitative estimate of drug-likeness (QED) is 0.210. The van der Waals surface area contributed by atoms with E-state index in [-0.39, 0.29) is 28.5 Å². The van der Waals surface area contributed by atoms with Crippen molar-refractivity contribution in [2.24, 2.45) is 11.3 Å². The summed E-state index contributed by atoms with van der Waals surface area (Å²) in [4.78, 5) is 26.4. The van der Waals surface area contributed by atoms with Gasteiger partial charge in [-0.15, -0.1) is 0 Å². The number of hydrogen-bond acceptors (Lipinski definition) is 5. The SMILES string of the molecule is COc1cccc(Cl)c1C(=O)C(C(=O)OCC(C)CC(C)(C)C)c1ccccc1.O=[PH3]. The van der Waals surface area contributed by atoms with Crippen molar-refractivity contribution in [3.63, 3.8) is 0 Å². The average molecular weight is 467 g/mol. The van der Waals surface area contributed by atoms with Gasteiger partial charge < -0.3 is 14.0 Å². The molecule has 0 fully saturated rings. The van der Waals surface area contributed by atoms with E-state index in [1.807, 2.05) is 13.0 Å². The van der Waals surface area contributed by atoms with Crippen LogP contribution in [-0.2, 0) is 14.1 Å². The highest BCUT2D eigenvalue weighted by Gasteiger charge is 2.34. The van der Waals surface area contributed by atoms with Gasteiger partial charge in [0.2, 0.25) is 0 Å². The molecule has 0 aromatic heterocycles. The van der Waals surface area contributed by atoms with Gasteiger partial charge in [0.15, 0.2) is 5.78 Å². The second-order valence-corrected chi connectivity index (χ2v) is 8.93. The summed E-state index contributed by atoms with van der Waals surface area (Å²) < 4.78 is 19.2. The normalized spacial score (nSPS) is 12.8. The second kappa shape index (κ2) is 12.7. The van der Waals surface area contributed by atoms with Crippen LogP contribution in [0.1, 0.15) is 56.0 Å². The number of carbonyl (C=O) groups excluding carboxylic acids is 2. The van der Waals surface area contributed by atoms with Crippen LogP contribution in [0.2, 0.25) is 5.02 Å². The Kier molecular flexibility index (Phi) is 11.0. The van der Waals surface area contributed by atoms with Crippen LogP contribution in [0.4, 0.5) is 0 Å². The Bertz CT molecular complexity index is 864. The van der Waals surface area contributed by atoms with Gasteiger partial charge in [0.05, 0.1) is 33.4 Å². The molecule has 2 aromatic carbocycles. The number of hydrogen-bond donors (Lipinski definition) is 0. The monoisotopic (exact) mass is 466 g/mol. The van der Waals surface area contributed by atoms with Crippen molar-refractivity contribution in [3.8, 4) is 5.75 Å². The first-order valence-electron chi connectivity index (χ1n) is 10.0. The molecular weight excluding hydrogens is 435 g/mol. The third-order valence-electron chi connectivity index (χ3n) is 4.54. The third kappa shape index (κ3) is 8.16. The number of esters is 1. The zero-order valence-electron chi connectivity index (χ0n) is 18.8. The van der Waals surface area contributed by atoms with Gasteiger partial charge in [-0.25, -0.2) is 0 Å². The minimum absolute atomic E-state index is 0.130. The maximum Gasteiger partial charge on any atom is 0.321 e. The fourth-order valence-corrected chi connectivity index (χ4v) is 3.77. The van der Waals surface area contributed by atoms with Crippen LogP contribution in [-0.4, -0.2) is 25.5 Å². The molecule has 0 saturated heterocycles. The van der Waals surface area contributed by atoms with Crippen molar-refractivity contribution in [1.82, 2.24) is 0 Å². The molecule has 2 rings (SSSR count). The van der Waals surface area contributed by atoms with Gasteiger partial charge in [-0.3, -0.25) is 9.59 Å². The maximum atomic E-state index is 13.4. The van der Waals surface area contributed by atoms with Gasteiger partial charge >= 0.3 is 5.97 Å². The summed E-state index contributed by atoms with van der Waals surface area (Å²) in [5.41, 5.74) is 0.879. The molecule has 0 aliphatic rings. The van der Waals surface area contributed by atoms with Crippen LogP contribution in [0.3, 0.4) is 0 Å². The Morgan fingerprint density at radius 3 is 2.19 bits per heavy atom. The number of ketones is 1. The summed E-state index contributed by atoms with van der Waals surface area (Å²) in [5, 5.41) is 0.240. The molecule has 170 valence electrons. The van der Waals surface area contributed by atoms with Crippen LogP contribution >= 0.6 is 20.7 Å². The molecule has 0 N–H and O–H groups in total. The first-order chi connectivity index (χ1) is 14.6. The topological polar surface area (TPSA) is 69.7 Å². The lowest BCUT2D eigenvalue weighted by Crippen LogP contribution is -2.27. The lowest BCUT2D eigenvalue weighted by atomic mass is 9.86. The molecule has 3 unspecified atom stereocenters. The van der Waals surface area contributed by atoms with Crippen molar-refractivity contribution in [3.05, 3.63) is 64.7 Å². The molecule has 0 heterocycles. The Morgan fingerprint density at radius 2 is 1.65 bits per heavy atom. The van der Waals surface area contributed by atoms with Crippen molar-refractivity contribution in [1.29, 1.82) is 0 Å². The Morgan fingerprint density at radius 1 is 1.03 bits per heavy atom. The number of halogens is 1. The summed E-state index contributed by atoms with van der Waals surface area (Å²) in [6.45, 7) is 8.73. The third-order valence-corrected chi connectivity index (χ3v) is 4.86. The van der Waals surface area contributed by atoms with Gasteiger partial charge in [-0.1, -0.05) is 75.7 Å². The number of rotatable bonds is 8. The smallest absolute Gasteiger partial charge is 0.321 e. The van der Waals surface area contributed by atoms with E-state index >= 15 is 0 Å². The lowest BCUT2D eigenvalue weighted by Gasteiger charge is -2.24. The summed E-state index contributed by atoms with van der Waals surface area (Å²) in [7, 11) is 2.08. The van der Waals surface area contributed by atoms with E-state index in [0.717, 1.165) is 6.42 Å². The van der Waals surface area contributed by atoms with Gasteiger partial charge in [0.25, 0.3) is 0 Å². The highest BCUT2D eigenvalue weighted by Crippen LogP contribution is 2.33. The number of Topliss-reactive ketones (excluding diaryl/α,β-unsaturated/α-hetero) is 1. The molecule has 3 atom stereocenters. The van der Waals surface area contributed by atoms with Crippen molar-refractivity contribution in [2.45, 2.75) is 40.0 Å². The van der Waals surface area contributed by atoms with E-state index in [4.69, 9.17) is 25.6 Å². The molecule has 5 nitrogen and oxygen atoms in total. The summed E-state index contributed by atoms with van der Waals surface area (Å²) in [6.07, 6.45) is 0.905. The molecular formula is C24H32ClO5P. The van der Waals surface area contributed by atoms with E-state index in [1.54, 1.807) is 42.5 Å². The Hall–Kier alpha value is -2.10. The lowest BCUT2D eigenvalue weighted by molar-refractivity contribution is -0.145. The van der Waals surface area contributed by atoms with Crippen LogP contribution in [0, 0.1) is 11.3 Å². The summed E-state index contributed by atoms with van der Waals surface area (Å²) >= 11 is 6.29. The predicted molar refractivity (Wildman–Crippen MR) is 128 cm³/mol. The molecule has 0 saturated carbocycles. The van der Waals surface area contributed by atoms with E-state index in [0.29, 0.717) is 20.4 Å². The minimum atomic E-state index is -1.10. The van der Waals surface area contributed by atoms with E-state index < -0.39 is 17.7 Å². The maximum absolute atomic E-state index is 13.4. The molecule has 0 spiro atoms. The first-order valence-corrected chi connectivity index (χ1v) is 11.0. The highest BCUT2D eigenvalue weighted by molar-refractivity contribution is 7.00. The fourth-order valence-electron chi connectivity index (χ4n) is 3.51. The van der Waals surface area contributed by atoms with Gasteiger partial charge in [0, 0.05) is 0 Å². The molecule has 31 heavy (non-hydrogen) atoms. The zero-order chi connectivity index (χ0) is 23.6. The zero-order valence-corrected chi connectivity index (χ0v) is 21.0. The van der Waals surface area contributed by atoms with E-state index in [2.05, 4.69) is 20.8 Å². The first kappa shape index (κ1) is 26.9. The molecule has 0 aliphatic heterocycles. The highest BCUT2D eigenvalue weighted by atomic mass is 35.5. The van der Waals surface area contributed by atoms with Crippen LogP contribution in [0.5, 0.6) is 5.75 Å². The van der Waals surface area contributed by atoms with Gasteiger partial charge in [0.1, 0.15) is 11.7 Å². The Balaban J connectivity index is 0.00000233. The number of methoxy groups -OCH3 is 1. The summed E-state index contributed by atoms with van der Waals surface area (Å²) in [6, 6.07) is 13.8. The predicted octanol–water partition coefficient (Wildman–Crippen LogP) is 5.87. The molecule has 7 heteroatoms. The van der Waals surface area contributed by atoms with Crippen LogP contribution in [0.25, 0.3) is 0 Å². The molecule has 0 bridgehead atoms. The van der Waals surface area contributed by atoms with Crippen LogP contribution in [0.15, 0.2) is 48.5 Å². The molecule has 0 radical (unpaired) electrons. The van der Waals surface area contributed by atoms with Crippen LogP contribution < -0.4 is 4.74 Å². The number of ether oxygens (including phenoxy) is 2. The number of carbonyl (C=O) groups is 2. The average Bonchev–Trinajstić information content (AvgIpc) is 2.73. The fraction of sp³-hybridized carbons (Fsp3) is 0.417. The molecule has 0 aliphatic carbocycles. The molecule has 0 amide bonds. The summed E-state index contributed by atoms with van der Waals surface area (Å²) in [5.74, 6) is -1.61. The van der Waals surface area contributed by atoms with Crippen molar-refractivity contribution < 1.29 is 23.6 Å². The van der Waals surface area contributed by atoms with Crippen molar-refractivity contribution >= 4 is 32.5 Å². The van der Waals surface area contributed by atoms with E-state index in [9.17, 15) is 9.59 Å². The number of benzene rings is 2. The largest absolute Gasteiger partial charge is 0.496 e. The standard InChI is InChI=1S/C24H29ClO4.H3OP/c1-16(14-24(2,3)4)15-29-23(27)20(17-10-7-6-8-11-17)22(26)21-18(25)12-9-13-19(21)28-5;1-2/h6-13,16,20H,14-15H2,1-5H3;2H3. The minimum Gasteiger partial charge on any atom is -0.496 e.